The third kappa shape index (κ3) is 10.1. The summed E-state index contributed by atoms with van der Waals surface area (Å²) in [6.45, 7) is -2.97. The summed E-state index contributed by atoms with van der Waals surface area (Å²) in [4.78, 5) is 4.68. The highest BCUT2D eigenvalue weighted by Crippen LogP contribution is 2.44. The van der Waals surface area contributed by atoms with Crippen molar-refractivity contribution < 1.29 is 62.8 Å². The first-order valence-corrected chi connectivity index (χ1v) is 27.4. The van der Waals surface area contributed by atoms with Crippen molar-refractivity contribution in [1.82, 2.24) is 14.1 Å². The van der Waals surface area contributed by atoms with Gasteiger partial charge >= 0.3 is 0 Å². The molecule has 5 nitrogen and oxygen atoms in total. The average molecular weight is 1190 g/mol. The molecule has 0 atom stereocenters. The molecule has 0 aliphatic heterocycles. The van der Waals surface area contributed by atoms with Gasteiger partial charge in [0.15, 0.2) is 0 Å². The smallest absolute Gasteiger partial charge is 0.269 e. The molecule has 16 rings (SSSR count). The first-order valence-electron chi connectivity index (χ1n) is 46.9. The quantitative estimate of drug-likeness (QED) is 0.0852. The minimum Gasteiger partial charge on any atom is -0.458 e. The van der Waals surface area contributed by atoms with Crippen LogP contribution in [0.15, 0.2) is 333 Å². The summed E-state index contributed by atoms with van der Waals surface area (Å²) in [5.74, 6) is 0.209. The normalized spacial score (nSPS) is 17.6. The number of para-hydroxylation sites is 3. The summed E-state index contributed by atoms with van der Waals surface area (Å²) in [5.41, 5.74) is -13.4. The van der Waals surface area contributed by atoms with Gasteiger partial charge in [0.1, 0.15) is 17.3 Å². The number of rotatable bonds is 13. The van der Waals surface area contributed by atoms with Crippen molar-refractivity contribution in [3.05, 3.63) is 345 Å². The van der Waals surface area contributed by atoms with Crippen LogP contribution in [-0.4, -0.2) is 14.1 Å². The second-order valence-electron chi connectivity index (χ2n) is 19.9. The molecule has 0 spiro atoms. The number of pyridine rings is 1. The van der Waals surface area contributed by atoms with Gasteiger partial charge in [-0.25, -0.2) is 4.98 Å². The zero-order valence-corrected chi connectivity index (χ0v) is 46.2. The summed E-state index contributed by atoms with van der Waals surface area (Å²) < 4.78 is 371. The largest absolute Gasteiger partial charge is 0.458 e. The Morgan fingerprint density at radius 2 is 0.856 bits per heavy atom. The highest BCUT2D eigenvalue weighted by Gasteiger charge is 2.24. The first-order chi connectivity index (χ1) is 60.7. The fraction of sp³-hybridized carbons (Fsp3) is 0.0118. The van der Waals surface area contributed by atoms with E-state index in [1.165, 1.54) is 34.9 Å². The van der Waals surface area contributed by atoms with E-state index < -0.39 is 319 Å². The Balaban J connectivity index is 1.05. The lowest BCUT2D eigenvalue weighted by molar-refractivity contribution is -0.571. The van der Waals surface area contributed by atoms with Gasteiger partial charge in [-0.1, -0.05) is 230 Å². The lowest BCUT2D eigenvalue weighted by Crippen LogP contribution is -2.31. The number of imidazole rings is 1. The molecule has 0 N–H and O–H groups in total. The predicted octanol–water partition coefficient (Wildman–Crippen LogP) is 21.6. The third-order valence-corrected chi connectivity index (χ3v) is 14.6. The van der Waals surface area contributed by atoms with Crippen LogP contribution in [0.25, 0.3) is 139 Å². The van der Waals surface area contributed by atoms with Gasteiger partial charge in [0.2, 0.25) is 0 Å². The van der Waals surface area contributed by atoms with Crippen molar-refractivity contribution in [3.63, 3.8) is 0 Å². The van der Waals surface area contributed by atoms with Crippen LogP contribution in [0, 0.1) is 13.2 Å². The van der Waals surface area contributed by atoms with Crippen LogP contribution >= 0.6 is 0 Å². The van der Waals surface area contributed by atoms with Crippen LogP contribution in [0.2, 0.25) is 0 Å². The molecule has 0 aliphatic carbocycles. The van der Waals surface area contributed by atoms with Gasteiger partial charge in [0.05, 0.1) is 82.8 Å². The molecule has 0 radical (unpaired) electrons. The lowest BCUT2D eigenvalue weighted by Gasteiger charge is -2.22. The summed E-state index contributed by atoms with van der Waals surface area (Å²) >= 11 is 0. The van der Waals surface area contributed by atoms with Gasteiger partial charge in [-0.15, -0.1) is 0 Å². The SMILES string of the molecule is [2H]c1c([2H])c([2H])c(-c2cc(-c3c([2H])c(-c4c([2H])c([2H])c([2H])c([2H])c4[2H])c([2H])c(-c4c([2H])c([2H])c([2H])c([2H])c4[2H])c3[2H])c(-[n+]3[c-]n(-c4cccc(Oc5ccc6c7ccccc7n(-c7cc(C([2H])([2H])[2H])c(-c8c([2H])c([2H])c([2H])c([2H])c8[2H])cn7)c6c5)c4)c4ccccc43)c(-c3c([2H])c(-c4c([2H])c([2H])c([2H])c([2H])c4[2H])c([2H])c(-c4c([2H])c([2H])c([2H])c([2H])c4[2H])c3[2H])c2)c([2H])c1[2H]. The van der Waals surface area contributed by atoms with E-state index in [2.05, 4.69) is 11.3 Å². The second-order valence-corrected chi connectivity index (χ2v) is 19.9. The van der Waals surface area contributed by atoms with E-state index in [4.69, 9.17) is 36.3 Å². The van der Waals surface area contributed by atoms with Crippen molar-refractivity contribution in [2.24, 2.45) is 0 Å². The number of hydrogen-bond donors (Lipinski definition) is 0. The monoisotopic (exact) mass is 1190 g/mol. The zero-order valence-electron chi connectivity index (χ0n) is 85.2. The van der Waals surface area contributed by atoms with Crippen LogP contribution in [0.5, 0.6) is 11.5 Å². The van der Waals surface area contributed by atoms with E-state index >= 15 is 0 Å². The Kier molecular flexibility index (Phi) is 6.81. The van der Waals surface area contributed by atoms with E-state index in [0.717, 1.165) is 22.9 Å². The Hall–Kier alpha value is -11.9. The molecule has 424 valence electrons. The number of benzene rings is 13. The molecular formula is C85H58N4O. The molecule has 0 amide bonds. The van der Waals surface area contributed by atoms with Crippen LogP contribution in [0.3, 0.4) is 0 Å². The number of fused-ring (bicyclic) bond motifs is 4. The summed E-state index contributed by atoms with van der Waals surface area (Å²) in [6, 6.07) is -9.45. The lowest BCUT2D eigenvalue weighted by atomic mass is 9.86. The number of hydrogen-bond acceptors (Lipinski definition) is 2. The minimum absolute atomic E-state index is 0.0199. The Morgan fingerprint density at radius 1 is 0.389 bits per heavy atom. The molecule has 0 saturated heterocycles. The van der Waals surface area contributed by atoms with Crippen molar-refractivity contribution in [3.8, 4) is 118 Å². The maximum atomic E-state index is 10.7. The fourth-order valence-electron chi connectivity index (χ4n) is 10.7. The van der Waals surface area contributed by atoms with E-state index in [0.29, 0.717) is 21.8 Å². The number of aromatic nitrogens is 4. The molecule has 0 fully saturated rings. The highest BCUT2D eigenvalue weighted by molar-refractivity contribution is 6.09. The number of aryl methyl sites for hydroxylation is 1. The Bertz CT molecular complexity index is 7130. The Labute approximate surface area is 578 Å². The van der Waals surface area contributed by atoms with Crippen molar-refractivity contribution in [1.29, 1.82) is 0 Å². The van der Waals surface area contributed by atoms with E-state index in [1.807, 2.05) is 0 Å². The van der Waals surface area contributed by atoms with Crippen LogP contribution in [-0.2, 0) is 0 Å². The molecule has 90 heavy (non-hydrogen) atoms. The fourth-order valence-corrected chi connectivity index (χ4v) is 10.7. The van der Waals surface area contributed by atoms with Crippen molar-refractivity contribution >= 4 is 32.8 Å². The van der Waals surface area contributed by atoms with Gasteiger partial charge in [-0.3, -0.25) is 13.7 Å². The van der Waals surface area contributed by atoms with Gasteiger partial charge in [0.25, 0.3) is 6.33 Å². The molecule has 3 heterocycles. The van der Waals surface area contributed by atoms with Gasteiger partial charge in [0, 0.05) is 32.7 Å². The van der Waals surface area contributed by atoms with E-state index in [-0.39, 0.29) is 39.6 Å². The molecule has 0 unspecified atom stereocenters. The molecule has 16 aromatic rings. The van der Waals surface area contributed by atoms with E-state index in [1.54, 1.807) is 71.3 Å². The molecule has 13 aromatic carbocycles. The molecule has 0 saturated carbocycles. The highest BCUT2D eigenvalue weighted by atomic mass is 16.5. The topological polar surface area (TPSA) is 35.9 Å². The van der Waals surface area contributed by atoms with Gasteiger partial charge in [-0.05, 0) is 187 Å². The first kappa shape index (κ1) is 26.6. The molecule has 0 bridgehead atoms. The standard InChI is InChI=1S/C85H58N4O/c1-58-45-84(86-56-79(58)64-35-18-7-19-36-64)89-80-40-21-20-39-75(80)76-44-43-74(55-83(76)89)90-73-38-24-37-72(54-73)87-57-88(82-42-23-22-41-81(82)87)85-77(70-48-65(59-25-8-2-9-26-59)46-66(49-70)60-27-10-3-11-28-60)52-69(63-33-16-6-17-34-63)53-78(85)71-50-67(61-29-12-4-13-30-61)47-68(51-71)62-31-14-5-15-32-62/h2-56H,1H3/i1D3,2D,3D,4D,5D,6D,7D,8D,9D,10D,11D,12D,13D,14D,15D,16D,17D,18D,19D,25D,26D,27D,28D,29D,30D,31D,32D,33D,34D,35D,36D,46D,47D,48D,49D,50D,51D. The van der Waals surface area contributed by atoms with E-state index in [9.17, 15) is 21.9 Å². The average Bonchev–Trinajstić information content (AvgIpc) is 1.32. The summed E-state index contributed by atoms with van der Waals surface area (Å²) in [5, 5.41) is 1.25. The second kappa shape index (κ2) is 23.1. The van der Waals surface area contributed by atoms with Gasteiger partial charge in [-0.2, -0.15) is 0 Å². The molecular weight excluding hydrogens is 1090 g/mol. The number of nitrogens with zero attached hydrogens (tertiary/aromatic N) is 4. The summed E-state index contributed by atoms with van der Waals surface area (Å²) in [7, 11) is 0. The zero-order chi connectivity index (χ0) is 93.7. The molecule has 0 aliphatic rings. The van der Waals surface area contributed by atoms with Crippen molar-refractivity contribution in [2.75, 3.05) is 0 Å². The Morgan fingerprint density at radius 3 is 1.40 bits per heavy atom. The number of ether oxygens (including phenoxy) is 1. The van der Waals surface area contributed by atoms with Crippen LogP contribution < -0.4 is 9.30 Å². The minimum atomic E-state index is -2.97. The third-order valence-electron chi connectivity index (χ3n) is 14.6. The predicted molar refractivity (Wildman–Crippen MR) is 371 cm³/mol. The van der Waals surface area contributed by atoms with Crippen molar-refractivity contribution in [2.45, 2.75) is 6.85 Å². The summed E-state index contributed by atoms with van der Waals surface area (Å²) in [6.07, 6.45) is 4.40. The molecule has 3 aromatic heterocycles. The molecule has 5 heteroatoms. The van der Waals surface area contributed by atoms with Crippen LogP contribution in [0.4, 0.5) is 0 Å². The van der Waals surface area contributed by atoms with Crippen LogP contribution in [0.1, 0.15) is 59.0 Å². The van der Waals surface area contributed by atoms with Gasteiger partial charge < -0.3 is 4.74 Å². The maximum absolute atomic E-state index is 10.7. The maximum Gasteiger partial charge on any atom is 0.269 e.